The second kappa shape index (κ2) is 11.8. The standard InChI is InChI=1S/C36H52O5.C3H6/c1-32(2)28-14-18-35(5)29(33(28,3)17-15-30(32)39)12-10-24-25-7-6-16-36(25,20-19-34(24,35)4)22-41-31(40)13-9-23-8-11-26(37)27(38)21-23;1-3-2/h8-9,11,13,21,24-25,28-30,37-39H,6-7,10,12,14-20,22H2,1-5H3;3H,1H2,2H3/b13-9+;/t24?,25-,28?,29?,30?,33?,34-,35?,36?;/m1./s1. The summed E-state index contributed by atoms with van der Waals surface area (Å²) in [5.74, 6) is 1.87. The molecule has 0 spiro atoms. The van der Waals surface area contributed by atoms with Crippen LogP contribution in [0, 0.1) is 50.7 Å². The lowest BCUT2D eigenvalue weighted by Crippen LogP contribution is -2.66. The summed E-state index contributed by atoms with van der Waals surface area (Å²) in [6, 6.07) is 4.52. The van der Waals surface area contributed by atoms with Gasteiger partial charge in [-0.1, -0.05) is 53.2 Å². The first-order valence-corrected chi connectivity index (χ1v) is 17.3. The van der Waals surface area contributed by atoms with Gasteiger partial charge in [-0.15, -0.1) is 6.58 Å². The van der Waals surface area contributed by atoms with E-state index in [1.165, 1.54) is 63.2 Å². The Hall–Kier alpha value is -2.27. The van der Waals surface area contributed by atoms with E-state index in [1.54, 1.807) is 18.2 Å². The molecule has 0 aliphatic heterocycles. The summed E-state index contributed by atoms with van der Waals surface area (Å²) in [6.07, 6.45) is 17.8. The molecule has 1 aromatic carbocycles. The van der Waals surface area contributed by atoms with Gasteiger partial charge in [0.2, 0.25) is 0 Å². The van der Waals surface area contributed by atoms with Gasteiger partial charge in [0.05, 0.1) is 12.7 Å². The molecule has 6 rings (SSSR count). The predicted molar refractivity (Wildman–Crippen MR) is 177 cm³/mol. The Morgan fingerprint density at radius 1 is 0.886 bits per heavy atom. The molecule has 0 aromatic heterocycles. The van der Waals surface area contributed by atoms with Crippen LogP contribution in [0.3, 0.4) is 0 Å². The molecule has 0 amide bonds. The summed E-state index contributed by atoms with van der Waals surface area (Å²) in [6.45, 7) is 18.3. The summed E-state index contributed by atoms with van der Waals surface area (Å²) < 4.78 is 5.96. The van der Waals surface area contributed by atoms with Crippen LogP contribution in [0.15, 0.2) is 36.9 Å². The number of carbonyl (C=O) groups is 1. The molecule has 5 fully saturated rings. The van der Waals surface area contributed by atoms with Crippen molar-refractivity contribution in [3.8, 4) is 11.5 Å². The molecule has 0 saturated heterocycles. The highest BCUT2D eigenvalue weighted by Crippen LogP contribution is 2.76. The van der Waals surface area contributed by atoms with Crippen LogP contribution in [0.25, 0.3) is 6.08 Å². The normalized spacial score (nSPS) is 42.1. The Bertz CT molecular complexity index is 1270. The molecular weight excluding hydrogens is 548 g/mol. The fraction of sp³-hybridized carbons (Fsp3) is 0.718. The van der Waals surface area contributed by atoms with Gasteiger partial charge in [0.25, 0.3) is 0 Å². The van der Waals surface area contributed by atoms with Crippen LogP contribution in [-0.4, -0.2) is 34.0 Å². The van der Waals surface area contributed by atoms with Crippen molar-refractivity contribution >= 4 is 12.0 Å². The Morgan fingerprint density at radius 2 is 1.61 bits per heavy atom. The largest absolute Gasteiger partial charge is 0.504 e. The van der Waals surface area contributed by atoms with Gasteiger partial charge in [-0.25, -0.2) is 4.79 Å². The van der Waals surface area contributed by atoms with Crippen molar-refractivity contribution in [2.75, 3.05) is 6.61 Å². The zero-order chi connectivity index (χ0) is 32.1. The van der Waals surface area contributed by atoms with Crippen LogP contribution in [0.2, 0.25) is 0 Å². The number of hydrogen-bond donors (Lipinski definition) is 3. The summed E-state index contributed by atoms with van der Waals surface area (Å²) in [5.41, 5.74) is 1.62. The second-order valence-corrected chi connectivity index (χ2v) is 16.5. The van der Waals surface area contributed by atoms with Crippen molar-refractivity contribution in [2.24, 2.45) is 50.7 Å². The zero-order valence-corrected chi connectivity index (χ0v) is 28.2. The third-order valence-electron chi connectivity index (χ3n) is 14.4. The third kappa shape index (κ3) is 5.13. The smallest absolute Gasteiger partial charge is 0.330 e. The number of aliphatic hydroxyl groups is 1. The van der Waals surface area contributed by atoms with Gasteiger partial charge in [0.15, 0.2) is 11.5 Å². The molecule has 5 heteroatoms. The van der Waals surface area contributed by atoms with Gasteiger partial charge < -0.3 is 20.1 Å². The highest BCUT2D eigenvalue weighted by molar-refractivity contribution is 5.87. The molecule has 0 bridgehead atoms. The summed E-state index contributed by atoms with van der Waals surface area (Å²) in [5, 5.41) is 30.2. The van der Waals surface area contributed by atoms with E-state index >= 15 is 0 Å². The molecule has 0 radical (unpaired) electrons. The number of esters is 1. The Balaban J connectivity index is 0.00000123. The van der Waals surface area contributed by atoms with Crippen molar-refractivity contribution in [1.82, 2.24) is 0 Å². The minimum Gasteiger partial charge on any atom is -0.504 e. The molecule has 5 aliphatic rings. The maximum absolute atomic E-state index is 12.8. The number of phenols is 2. The van der Waals surface area contributed by atoms with Gasteiger partial charge >= 0.3 is 5.97 Å². The summed E-state index contributed by atoms with van der Waals surface area (Å²) >= 11 is 0. The van der Waals surface area contributed by atoms with Gasteiger partial charge in [-0.05, 0) is 140 Å². The minimum absolute atomic E-state index is 0.0136. The Labute approximate surface area is 266 Å². The van der Waals surface area contributed by atoms with Gasteiger partial charge in [-0.3, -0.25) is 0 Å². The fourth-order valence-electron chi connectivity index (χ4n) is 12.0. The van der Waals surface area contributed by atoms with E-state index < -0.39 is 0 Å². The molecule has 1 aromatic rings. The number of aromatic hydroxyl groups is 2. The molecule has 244 valence electrons. The molecular formula is C39H58O5. The van der Waals surface area contributed by atoms with E-state index in [9.17, 15) is 20.1 Å². The summed E-state index contributed by atoms with van der Waals surface area (Å²) in [7, 11) is 0. The van der Waals surface area contributed by atoms with Crippen molar-refractivity contribution < 1.29 is 24.9 Å². The highest BCUT2D eigenvalue weighted by Gasteiger charge is 2.69. The first kappa shape index (κ1) is 33.1. The number of ether oxygens (including phenoxy) is 1. The molecule has 0 heterocycles. The van der Waals surface area contributed by atoms with Crippen molar-refractivity contribution in [2.45, 2.75) is 118 Å². The maximum Gasteiger partial charge on any atom is 0.330 e. The second-order valence-electron chi connectivity index (χ2n) is 16.5. The fourth-order valence-corrected chi connectivity index (χ4v) is 12.0. The van der Waals surface area contributed by atoms with Gasteiger partial charge in [0.1, 0.15) is 0 Å². The first-order chi connectivity index (χ1) is 20.7. The number of phenolic OH excluding ortho intramolecular Hbond substituents is 2. The molecule has 44 heavy (non-hydrogen) atoms. The number of rotatable bonds is 4. The highest BCUT2D eigenvalue weighted by atomic mass is 16.5. The lowest BCUT2D eigenvalue weighted by atomic mass is 9.32. The van der Waals surface area contributed by atoms with Crippen molar-refractivity contribution in [3.63, 3.8) is 0 Å². The van der Waals surface area contributed by atoms with E-state index in [0.717, 1.165) is 25.7 Å². The van der Waals surface area contributed by atoms with Crippen LogP contribution in [-0.2, 0) is 9.53 Å². The molecule has 9 atom stereocenters. The van der Waals surface area contributed by atoms with E-state index in [-0.39, 0.29) is 34.4 Å². The van der Waals surface area contributed by atoms with Gasteiger partial charge in [0, 0.05) is 11.5 Å². The Morgan fingerprint density at radius 3 is 2.32 bits per heavy atom. The lowest BCUT2D eigenvalue weighted by molar-refractivity contribution is -0.247. The van der Waals surface area contributed by atoms with Crippen LogP contribution in [0.5, 0.6) is 11.5 Å². The van der Waals surface area contributed by atoms with E-state index in [4.69, 9.17) is 4.74 Å². The quantitative estimate of drug-likeness (QED) is 0.138. The van der Waals surface area contributed by atoms with Crippen molar-refractivity contribution in [1.29, 1.82) is 0 Å². The SMILES string of the molecule is C=CC.CC1(C)C(O)CCC2(C)C1CCC1(C)C2CCC2[C@H]3CCCC3(COC(=O)/C=C/c3ccc(O)c(O)c3)CC[C@]21C. The molecule has 5 aliphatic carbocycles. The molecule has 7 unspecified atom stereocenters. The number of hydrogen-bond acceptors (Lipinski definition) is 5. The Kier molecular flexibility index (Phi) is 8.90. The van der Waals surface area contributed by atoms with E-state index in [0.29, 0.717) is 52.1 Å². The lowest BCUT2D eigenvalue weighted by Gasteiger charge is -2.72. The number of allylic oxidation sites excluding steroid dienone is 1. The van der Waals surface area contributed by atoms with Crippen LogP contribution >= 0.6 is 0 Å². The third-order valence-corrected chi connectivity index (χ3v) is 14.4. The predicted octanol–water partition coefficient (Wildman–Crippen LogP) is 9.06. The first-order valence-electron chi connectivity index (χ1n) is 17.3. The van der Waals surface area contributed by atoms with Crippen molar-refractivity contribution in [3.05, 3.63) is 42.5 Å². The van der Waals surface area contributed by atoms with Gasteiger partial charge in [-0.2, -0.15) is 0 Å². The topological polar surface area (TPSA) is 87.0 Å². The average molecular weight is 607 g/mol. The number of benzene rings is 1. The number of carbonyl (C=O) groups excluding carboxylic acids is 1. The maximum atomic E-state index is 12.8. The van der Waals surface area contributed by atoms with Crippen LogP contribution in [0.4, 0.5) is 0 Å². The van der Waals surface area contributed by atoms with Crippen LogP contribution in [0.1, 0.15) is 118 Å². The molecule has 3 N–H and O–H groups in total. The van der Waals surface area contributed by atoms with Crippen LogP contribution < -0.4 is 0 Å². The van der Waals surface area contributed by atoms with E-state index in [2.05, 4.69) is 41.2 Å². The molecule has 5 nitrogen and oxygen atoms in total. The minimum atomic E-state index is -0.338. The molecule has 5 saturated carbocycles. The monoisotopic (exact) mass is 606 g/mol. The number of aliphatic hydroxyl groups excluding tert-OH is 1. The van der Waals surface area contributed by atoms with E-state index in [1.807, 2.05) is 6.92 Å². The average Bonchev–Trinajstić information content (AvgIpc) is 3.40. The number of fused-ring (bicyclic) bond motifs is 7. The summed E-state index contributed by atoms with van der Waals surface area (Å²) in [4.78, 5) is 12.8. The zero-order valence-electron chi connectivity index (χ0n) is 28.2.